The number of hydrogen-bond donors (Lipinski definition) is 2. The molecule has 2 aromatic heterocycles. The standard InChI is InChI=1S/C13H18N4O2S2/c1-4-14-11-6-5-7-15-13(11)21(18,19)17-10(3)12-16-8-9(2)20-12/h5-8,10,14,17H,4H2,1-3H3. The molecule has 0 aliphatic heterocycles. The Morgan fingerprint density at radius 1 is 1.38 bits per heavy atom. The van der Waals surface area contributed by atoms with Crippen molar-refractivity contribution < 1.29 is 8.42 Å². The molecule has 0 bridgehead atoms. The van der Waals surface area contributed by atoms with E-state index in [1.54, 1.807) is 25.3 Å². The number of anilines is 1. The summed E-state index contributed by atoms with van der Waals surface area (Å²) in [6, 6.07) is 3.00. The second-order valence-electron chi connectivity index (χ2n) is 4.54. The van der Waals surface area contributed by atoms with Gasteiger partial charge in [0.05, 0.1) is 11.7 Å². The first-order valence-corrected chi connectivity index (χ1v) is 8.87. The Morgan fingerprint density at radius 2 is 2.14 bits per heavy atom. The molecule has 8 heteroatoms. The van der Waals surface area contributed by atoms with Crippen LogP contribution in [0.4, 0.5) is 5.69 Å². The van der Waals surface area contributed by atoms with E-state index in [1.807, 2.05) is 13.8 Å². The Labute approximate surface area is 128 Å². The third-order valence-electron chi connectivity index (χ3n) is 2.73. The summed E-state index contributed by atoms with van der Waals surface area (Å²) in [4.78, 5) is 9.24. The van der Waals surface area contributed by atoms with Crippen molar-refractivity contribution in [2.75, 3.05) is 11.9 Å². The zero-order chi connectivity index (χ0) is 15.5. The number of pyridine rings is 1. The zero-order valence-corrected chi connectivity index (χ0v) is 13.8. The average molecular weight is 326 g/mol. The monoisotopic (exact) mass is 326 g/mol. The molecule has 6 nitrogen and oxygen atoms in total. The number of sulfonamides is 1. The molecular formula is C13H18N4O2S2. The largest absolute Gasteiger partial charge is 0.383 e. The number of aryl methyl sites for hydroxylation is 1. The van der Waals surface area contributed by atoms with Crippen LogP contribution in [-0.4, -0.2) is 24.9 Å². The van der Waals surface area contributed by atoms with E-state index in [2.05, 4.69) is 20.0 Å². The molecule has 0 spiro atoms. The van der Waals surface area contributed by atoms with Gasteiger partial charge in [-0.15, -0.1) is 11.3 Å². The molecule has 0 radical (unpaired) electrons. The SMILES string of the molecule is CCNc1cccnc1S(=O)(=O)NC(C)c1ncc(C)s1. The molecule has 0 aliphatic carbocycles. The van der Waals surface area contributed by atoms with Crippen molar-refractivity contribution in [3.05, 3.63) is 34.4 Å². The van der Waals surface area contributed by atoms with Crippen LogP contribution in [0.1, 0.15) is 29.8 Å². The van der Waals surface area contributed by atoms with Gasteiger partial charge in [-0.1, -0.05) is 0 Å². The molecule has 0 saturated carbocycles. The molecule has 2 aromatic rings. The van der Waals surface area contributed by atoms with E-state index in [0.717, 1.165) is 9.88 Å². The van der Waals surface area contributed by atoms with E-state index in [-0.39, 0.29) is 5.03 Å². The molecule has 1 atom stereocenters. The predicted molar refractivity (Wildman–Crippen MR) is 84.0 cm³/mol. The summed E-state index contributed by atoms with van der Waals surface area (Å²) in [7, 11) is -3.71. The third kappa shape index (κ3) is 3.78. The van der Waals surface area contributed by atoms with Gasteiger partial charge in [0.1, 0.15) is 5.01 Å². The van der Waals surface area contributed by atoms with E-state index in [4.69, 9.17) is 0 Å². The predicted octanol–water partition coefficient (Wildman–Crippen LogP) is 2.32. The first-order valence-electron chi connectivity index (χ1n) is 6.57. The van der Waals surface area contributed by atoms with Crippen molar-refractivity contribution in [3.8, 4) is 0 Å². The number of hydrogen-bond acceptors (Lipinski definition) is 6. The van der Waals surface area contributed by atoms with Crippen molar-refractivity contribution in [2.45, 2.75) is 31.8 Å². The molecule has 0 saturated heterocycles. The Morgan fingerprint density at radius 3 is 2.76 bits per heavy atom. The lowest BCUT2D eigenvalue weighted by Crippen LogP contribution is -2.28. The van der Waals surface area contributed by atoms with Gasteiger partial charge in [-0.25, -0.2) is 23.1 Å². The van der Waals surface area contributed by atoms with Gasteiger partial charge in [0.15, 0.2) is 5.03 Å². The minimum atomic E-state index is -3.71. The molecule has 2 heterocycles. The maximum atomic E-state index is 12.5. The van der Waals surface area contributed by atoms with Gasteiger partial charge in [0.2, 0.25) is 0 Å². The van der Waals surface area contributed by atoms with E-state index >= 15 is 0 Å². The third-order valence-corrected chi connectivity index (χ3v) is 5.33. The first kappa shape index (κ1) is 15.9. The van der Waals surface area contributed by atoms with Gasteiger partial charge in [-0.05, 0) is 32.9 Å². The Bertz CT molecular complexity index is 712. The first-order chi connectivity index (χ1) is 9.94. The molecule has 1 unspecified atom stereocenters. The molecule has 21 heavy (non-hydrogen) atoms. The summed E-state index contributed by atoms with van der Waals surface area (Å²) in [5, 5.41) is 3.74. The van der Waals surface area contributed by atoms with Gasteiger partial charge < -0.3 is 5.32 Å². The second-order valence-corrected chi connectivity index (χ2v) is 7.43. The van der Waals surface area contributed by atoms with Gasteiger partial charge in [-0.2, -0.15) is 0 Å². The van der Waals surface area contributed by atoms with Crippen LogP contribution in [0, 0.1) is 6.92 Å². The van der Waals surface area contributed by atoms with Gasteiger partial charge >= 0.3 is 0 Å². The number of nitrogens with one attached hydrogen (secondary N) is 2. The Balaban J connectivity index is 2.26. The minimum Gasteiger partial charge on any atom is -0.383 e. The maximum absolute atomic E-state index is 12.5. The van der Waals surface area contributed by atoms with Crippen molar-refractivity contribution in [2.24, 2.45) is 0 Å². The highest BCUT2D eigenvalue weighted by Crippen LogP contribution is 2.23. The lowest BCUT2D eigenvalue weighted by molar-refractivity contribution is 0.563. The van der Waals surface area contributed by atoms with Crippen LogP contribution < -0.4 is 10.0 Å². The zero-order valence-electron chi connectivity index (χ0n) is 12.1. The molecule has 0 aromatic carbocycles. The fourth-order valence-electron chi connectivity index (χ4n) is 1.84. The lowest BCUT2D eigenvalue weighted by atomic mass is 10.4. The maximum Gasteiger partial charge on any atom is 0.260 e. The molecule has 0 fully saturated rings. The number of aromatic nitrogens is 2. The summed E-state index contributed by atoms with van der Waals surface area (Å²) in [5.41, 5.74) is 0.495. The second kappa shape index (κ2) is 6.50. The normalized spacial score (nSPS) is 13.1. The van der Waals surface area contributed by atoms with E-state index in [1.165, 1.54) is 17.5 Å². The lowest BCUT2D eigenvalue weighted by Gasteiger charge is -2.14. The molecule has 114 valence electrons. The Kier molecular flexibility index (Phi) is 4.92. The summed E-state index contributed by atoms with van der Waals surface area (Å²) in [6.07, 6.45) is 3.20. The van der Waals surface area contributed by atoms with Crippen LogP contribution in [-0.2, 0) is 10.0 Å². The number of nitrogens with zero attached hydrogens (tertiary/aromatic N) is 2. The molecule has 0 aliphatic rings. The number of rotatable bonds is 6. The van der Waals surface area contributed by atoms with Crippen LogP contribution in [0.25, 0.3) is 0 Å². The fourth-order valence-corrected chi connectivity index (χ4v) is 4.01. The van der Waals surface area contributed by atoms with Gasteiger partial charge in [0.25, 0.3) is 10.0 Å². The van der Waals surface area contributed by atoms with Crippen LogP contribution in [0.15, 0.2) is 29.6 Å². The summed E-state index contributed by atoms with van der Waals surface area (Å²) in [5.74, 6) is 0. The summed E-state index contributed by atoms with van der Waals surface area (Å²) in [6.45, 7) is 6.23. The average Bonchev–Trinajstić information content (AvgIpc) is 2.86. The van der Waals surface area contributed by atoms with Gasteiger partial charge in [0, 0.05) is 23.8 Å². The Hall–Kier alpha value is -1.51. The quantitative estimate of drug-likeness (QED) is 0.851. The molecular weight excluding hydrogens is 308 g/mol. The van der Waals surface area contributed by atoms with Crippen LogP contribution in [0.3, 0.4) is 0 Å². The van der Waals surface area contributed by atoms with Crippen molar-refractivity contribution in [1.82, 2.24) is 14.7 Å². The highest BCUT2D eigenvalue weighted by Gasteiger charge is 2.24. The van der Waals surface area contributed by atoms with Crippen molar-refractivity contribution in [1.29, 1.82) is 0 Å². The van der Waals surface area contributed by atoms with E-state index < -0.39 is 16.1 Å². The molecule has 2 N–H and O–H groups in total. The van der Waals surface area contributed by atoms with Crippen LogP contribution >= 0.6 is 11.3 Å². The highest BCUT2D eigenvalue weighted by atomic mass is 32.2. The summed E-state index contributed by atoms with van der Waals surface area (Å²) < 4.78 is 27.6. The molecule has 2 rings (SSSR count). The van der Waals surface area contributed by atoms with Crippen LogP contribution in [0.2, 0.25) is 0 Å². The van der Waals surface area contributed by atoms with E-state index in [0.29, 0.717) is 12.2 Å². The number of thiazole rings is 1. The van der Waals surface area contributed by atoms with E-state index in [9.17, 15) is 8.42 Å². The van der Waals surface area contributed by atoms with Crippen molar-refractivity contribution >= 4 is 27.0 Å². The smallest absolute Gasteiger partial charge is 0.260 e. The topological polar surface area (TPSA) is 84.0 Å². The van der Waals surface area contributed by atoms with Crippen LogP contribution in [0.5, 0.6) is 0 Å². The summed E-state index contributed by atoms with van der Waals surface area (Å²) >= 11 is 1.47. The van der Waals surface area contributed by atoms with Crippen molar-refractivity contribution in [3.63, 3.8) is 0 Å². The fraction of sp³-hybridized carbons (Fsp3) is 0.385. The molecule has 0 amide bonds. The van der Waals surface area contributed by atoms with Gasteiger partial charge in [-0.3, -0.25) is 0 Å². The minimum absolute atomic E-state index is 0.00646. The highest BCUT2D eigenvalue weighted by molar-refractivity contribution is 7.89.